The van der Waals surface area contributed by atoms with Gasteiger partial charge in [-0.15, -0.1) is 0 Å². The van der Waals surface area contributed by atoms with E-state index >= 15 is 0 Å². The van der Waals surface area contributed by atoms with Gasteiger partial charge in [0.25, 0.3) is 21.6 Å². The van der Waals surface area contributed by atoms with Gasteiger partial charge in [0.2, 0.25) is 0 Å². The van der Waals surface area contributed by atoms with Crippen LogP contribution in [0.2, 0.25) is 5.02 Å². The number of hydrogen-bond acceptors (Lipinski definition) is 8. The van der Waals surface area contributed by atoms with Crippen molar-refractivity contribution >= 4 is 38.9 Å². The van der Waals surface area contributed by atoms with Gasteiger partial charge in [0, 0.05) is 55.1 Å². The number of piperazine rings is 1. The molecular formula is C27H29ClN4O6S. The first-order chi connectivity index (χ1) is 18.5. The van der Waals surface area contributed by atoms with Crippen molar-refractivity contribution in [1.29, 1.82) is 0 Å². The summed E-state index contributed by atoms with van der Waals surface area (Å²) in [4.78, 5) is 26.9. The van der Waals surface area contributed by atoms with Crippen LogP contribution in [0.5, 0.6) is 5.75 Å². The predicted octanol–water partition coefficient (Wildman–Crippen LogP) is 4.18. The molecule has 0 radical (unpaired) electrons. The highest BCUT2D eigenvalue weighted by molar-refractivity contribution is 7.90. The number of nitro benzene ring substituents is 1. The minimum Gasteiger partial charge on any atom is -0.492 e. The van der Waals surface area contributed by atoms with Gasteiger partial charge in [-0.1, -0.05) is 23.7 Å². The summed E-state index contributed by atoms with van der Waals surface area (Å²) in [6.45, 7) is 8.55. The lowest BCUT2D eigenvalue weighted by atomic mass is 10.1. The number of rotatable bonds is 9. The molecule has 1 aliphatic rings. The average Bonchev–Trinajstić information content (AvgIpc) is 2.92. The summed E-state index contributed by atoms with van der Waals surface area (Å²) in [6, 6.07) is 15.3. The minimum absolute atomic E-state index is 0.129. The van der Waals surface area contributed by atoms with E-state index < -0.39 is 31.4 Å². The molecule has 206 valence electrons. The van der Waals surface area contributed by atoms with E-state index in [1.807, 2.05) is 30.7 Å². The van der Waals surface area contributed by atoms with Crippen molar-refractivity contribution in [1.82, 2.24) is 9.62 Å². The van der Waals surface area contributed by atoms with Crippen LogP contribution in [0, 0.1) is 24.0 Å². The molecule has 1 N–H and O–H groups in total. The predicted molar refractivity (Wildman–Crippen MR) is 149 cm³/mol. The van der Waals surface area contributed by atoms with Crippen LogP contribution in [0.4, 0.5) is 11.4 Å². The Morgan fingerprint density at radius 2 is 1.64 bits per heavy atom. The summed E-state index contributed by atoms with van der Waals surface area (Å²) in [5.41, 5.74) is 2.42. The smallest absolute Gasteiger partial charge is 0.289 e. The molecule has 0 bridgehead atoms. The van der Waals surface area contributed by atoms with Crippen molar-refractivity contribution in [3.63, 3.8) is 0 Å². The minimum atomic E-state index is -4.43. The number of nitrogens with one attached hydrogen (secondary N) is 1. The fraction of sp³-hybridized carbons (Fsp3) is 0.296. The third-order valence-corrected chi connectivity index (χ3v) is 8.51. The maximum atomic E-state index is 12.6. The van der Waals surface area contributed by atoms with E-state index in [4.69, 9.17) is 16.3 Å². The van der Waals surface area contributed by atoms with Crippen LogP contribution < -0.4 is 14.4 Å². The Morgan fingerprint density at radius 1 is 1.03 bits per heavy atom. The number of aryl methyl sites for hydroxylation is 2. The molecule has 0 saturated carbocycles. The zero-order chi connectivity index (χ0) is 28.2. The van der Waals surface area contributed by atoms with Crippen molar-refractivity contribution < 1.29 is 22.9 Å². The standard InChI is InChI=1S/C27H29ClN4O6S/c1-19-17-23(18-20(2)26(19)28)38-16-15-30-11-13-31(14-12-30)22-9-7-21(8-10-22)27(33)29-39(36,37)25-6-4-3-5-24(25)32(34)35/h3-10,17-18H,11-16H2,1-2H3,(H,29,33). The Labute approximate surface area is 232 Å². The highest BCUT2D eigenvalue weighted by Crippen LogP contribution is 2.26. The number of para-hydroxylation sites is 1. The van der Waals surface area contributed by atoms with Crippen molar-refractivity contribution in [2.45, 2.75) is 18.7 Å². The van der Waals surface area contributed by atoms with Crippen LogP contribution in [0.15, 0.2) is 65.6 Å². The van der Waals surface area contributed by atoms with Gasteiger partial charge in [-0.05, 0) is 67.4 Å². The summed E-state index contributed by atoms with van der Waals surface area (Å²) in [5, 5.41) is 11.9. The summed E-state index contributed by atoms with van der Waals surface area (Å²) in [6.07, 6.45) is 0. The van der Waals surface area contributed by atoms with Crippen LogP contribution in [-0.4, -0.2) is 63.5 Å². The number of amides is 1. The van der Waals surface area contributed by atoms with Gasteiger partial charge < -0.3 is 9.64 Å². The van der Waals surface area contributed by atoms with Gasteiger partial charge in [-0.3, -0.25) is 19.8 Å². The first-order valence-corrected chi connectivity index (χ1v) is 14.2. The molecule has 3 aromatic rings. The second-order valence-electron chi connectivity index (χ2n) is 9.25. The molecule has 1 amide bonds. The van der Waals surface area contributed by atoms with E-state index in [0.717, 1.165) is 72.4 Å². The maximum absolute atomic E-state index is 12.6. The third-order valence-electron chi connectivity index (χ3n) is 6.53. The van der Waals surface area contributed by atoms with Crippen LogP contribution in [0.25, 0.3) is 0 Å². The third kappa shape index (κ3) is 6.86. The molecule has 1 fully saturated rings. The lowest BCUT2D eigenvalue weighted by Crippen LogP contribution is -2.47. The van der Waals surface area contributed by atoms with E-state index in [1.165, 1.54) is 24.3 Å². The topological polar surface area (TPSA) is 122 Å². The second kappa shape index (κ2) is 12.0. The van der Waals surface area contributed by atoms with Gasteiger partial charge in [0.15, 0.2) is 4.90 Å². The molecule has 0 aliphatic carbocycles. The van der Waals surface area contributed by atoms with Gasteiger partial charge in [-0.25, -0.2) is 13.1 Å². The molecule has 0 spiro atoms. The first-order valence-electron chi connectivity index (χ1n) is 12.3. The summed E-state index contributed by atoms with van der Waals surface area (Å²) in [5.74, 6) is -0.0532. The molecule has 0 atom stereocenters. The lowest BCUT2D eigenvalue weighted by molar-refractivity contribution is -0.387. The summed E-state index contributed by atoms with van der Waals surface area (Å²) in [7, 11) is -4.43. The number of benzene rings is 3. The molecule has 4 rings (SSSR count). The summed E-state index contributed by atoms with van der Waals surface area (Å²) >= 11 is 6.22. The first kappa shape index (κ1) is 28.3. The Morgan fingerprint density at radius 3 is 2.26 bits per heavy atom. The molecule has 1 saturated heterocycles. The van der Waals surface area contributed by atoms with Gasteiger partial charge >= 0.3 is 0 Å². The Balaban J connectivity index is 1.28. The number of ether oxygens (including phenoxy) is 1. The normalized spacial score (nSPS) is 14.2. The van der Waals surface area contributed by atoms with Crippen LogP contribution in [-0.2, 0) is 10.0 Å². The van der Waals surface area contributed by atoms with Gasteiger partial charge in [0.05, 0.1) is 4.92 Å². The molecule has 0 unspecified atom stereocenters. The molecule has 0 aromatic heterocycles. The number of hydrogen-bond donors (Lipinski definition) is 1. The molecule has 3 aromatic carbocycles. The highest BCUT2D eigenvalue weighted by atomic mass is 35.5. The van der Waals surface area contributed by atoms with Crippen LogP contribution in [0.1, 0.15) is 21.5 Å². The lowest BCUT2D eigenvalue weighted by Gasteiger charge is -2.36. The number of carbonyl (C=O) groups is 1. The van der Waals surface area contributed by atoms with Crippen LogP contribution >= 0.6 is 11.6 Å². The molecule has 12 heteroatoms. The monoisotopic (exact) mass is 572 g/mol. The molecule has 1 aliphatic heterocycles. The Kier molecular flexibility index (Phi) is 8.73. The quantitative estimate of drug-likeness (QED) is 0.299. The summed E-state index contributed by atoms with van der Waals surface area (Å²) < 4.78 is 33.1. The van der Waals surface area contributed by atoms with Crippen molar-refractivity contribution in [3.8, 4) is 5.75 Å². The molecule has 10 nitrogen and oxygen atoms in total. The van der Waals surface area contributed by atoms with E-state index in [1.54, 1.807) is 12.1 Å². The SMILES string of the molecule is Cc1cc(OCCN2CCN(c3ccc(C(=O)NS(=O)(=O)c4ccccc4[N+](=O)[O-])cc3)CC2)cc(C)c1Cl. The van der Waals surface area contributed by atoms with Crippen molar-refractivity contribution in [3.05, 3.63) is 92.5 Å². The fourth-order valence-corrected chi connectivity index (χ4v) is 5.66. The van der Waals surface area contributed by atoms with E-state index in [9.17, 15) is 23.3 Å². The molecular weight excluding hydrogens is 544 g/mol. The number of anilines is 1. The van der Waals surface area contributed by atoms with Crippen molar-refractivity contribution in [2.75, 3.05) is 44.2 Å². The van der Waals surface area contributed by atoms with Gasteiger partial charge in [0.1, 0.15) is 12.4 Å². The van der Waals surface area contributed by atoms with Crippen molar-refractivity contribution in [2.24, 2.45) is 0 Å². The Hall–Kier alpha value is -3.67. The number of nitro groups is 1. The van der Waals surface area contributed by atoms with E-state index in [2.05, 4.69) is 9.80 Å². The van der Waals surface area contributed by atoms with E-state index in [0.29, 0.717) is 6.61 Å². The van der Waals surface area contributed by atoms with Crippen LogP contribution in [0.3, 0.4) is 0 Å². The average molecular weight is 573 g/mol. The zero-order valence-corrected chi connectivity index (χ0v) is 23.2. The second-order valence-corrected chi connectivity index (χ2v) is 11.3. The van der Waals surface area contributed by atoms with Gasteiger partial charge in [-0.2, -0.15) is 0 Å². The molecule has 39 heavy (non-hydrogen) atoms. The molecule has 1 heterocycles. The number of sulfonamides is 1. The number of carbonyl (C=O) groups excluding carboxylic acids is 1. The zero-order valence-electron chi connectivity index (χ0n) is 21.6. The fourth-order valence-electron chi connectivity index (χ4n) is 4.41. The largest absolute Gasteiger partial charge is 0.492 e. The van der Waals surface area contributed by atoms with E-state index in [-0.39, 0.29) is 5.56 Å². The Bertz CT molecular complexity index is 1450. The number of nitrogens with zero attached hydrogens (tertiary/aromatic N) is 3. The highest BCUT2D eigenvalue weighted by Gasteiger charge is 2.27. The number of halogens is 1. The maximum Gasteiger partial charge on any atom is 0.289 e.